The van der Waals surface area contributed by atoms with E-state index < -0.39 is 0 Å². The second-order valence-electron chi connectivity index (χ2n) is 5.67. The monoisotopic (exact) mass is 262 g/mol. The van der Waals surface area contributed by atoms with E-state index in [1.807, 2.05) is 0 Å². The fraction of sp³-hybridized carbons (Fsp3) is 0.625. The van der Waals surface area contributed by atoms with E-state index in [1.165, 1.54) is 11.1 Å². The van der Waals surface area contributed by atoms with E-state index in [1.54, 1.807) is 0 Å². The average molecular weight is 262 g/mol. The number of benzene rings is 1. The molecule has 3 atom stereocenters. The summed E-state index contributed by atoms with van der Waals surface area (Å²) in [7, 11) is 0. The van der Waals surface area contributed by atoms with Gasteiger partial charge in [-0.25, -0.2) is 0 Å². The highest BCUT2D eigenvalue weighted by Gasteiger charge is 2.17. The molecule has 2 rings (SSSR count). The molecule has 0 aliphatic carbocycles. The highest BCUT2D eigenvalue weighted by atomic mass is 16.5. The normalized spacial score (nSPS) is 23.0. The number of ether oxygens (including phenoxy) is 1. The summed E-state index contributed by atoms with van der Waals surface area (Å²) in [5.74, 6) is 0. The van der Waals surface area contributed by atoms with Gasteiger partial charge in [0.1, 0.15) is 0 Å². The van der Waals surface area contributed by atoms with Gasteiger partial charge in [-0.05, 0) is 32.8 Å². The lowest BCUT2D eigenvalue weighted by Gasteiger charge is -2.28. The molecule has 1 aromatic carbocycles. The van der Waals surface area contributed by atoms with Gasteiger partial charge in [0.25, 0.3) is 0 Å². The summed E-state index contributed by atoms with van der Waals surface area (Å²) in [6, 6.07) is 10.1. The number of morpholine rings is 1. The maximum atomic E-state index is 5.50. The SMILES string of the molecule is Cc1cccc([C@H](C)NC(C)CC2COCCN2)c1. The van der Waals surface area contributed by atoms with E-state index >= 15 is 0 Å². The molecule has 106 valence electrons. The largest absolute Gasteiger partial charge is 0.379 e. The van der Waals surface area contributed by atoms with Crippen LogP contribution in [0.1, 0.15) is 37.4 Å². The summed E-state index contributed by atoms with van der Waals surface area (Å²) in [6.45, 7) is 9.29. The molecule has 0 saturated carbocycles. The zero-order valence-electron chi connectivity index (χ0n) is 12.3. The Morgan fingerprint density at radius 1 is 1.42 bits per heavy atom. The minimum Gasteiger partial charge on any atom is -0.379 e. The third-order valence-electron chi connectivity index (χ3n) is 3.71. The molecule has 1 aliphatic heterocycles. The van der Waals surface area contributed by atoms with Gasteiger partial charge in [0.15, 0.2) is 0 Å². The van der Waals surface area contributed by atoms with Crippen molar-refractivity contribution in [2.24, 2.45) is 0 Å². The maximum Gasteiger partial charge on any atom is 0.0620 e. The molecule has 0 amide bonds. The van der Waals surface area contributed by atoms with Crippen LogP contribution >= 0.6 is 0 Å². The molecule has 19 heavy (non-hydrogen) atoms. The molecule has 1 aliphatic rings. The molecule has 2 N–H and O–H groups in total. The molecule has 0 radical (unpaired) electrons. The van der Waals surface area contributed by atoms with Crippen molar-refractivity contribution in [3.8, 4) is 0 Å². The van der Waals surface area contributed by atoms with Crippen molar-refractivity contribution in [1.29, 1.82) is 0 Å². The van der Waals surface area contributed by atoms with Crippen molar-refractivity contribution in [1.82, 2.24) is 10.6 Å². The van der Waals surface area contributed by atoms with Crippen molar-refractivity contribution in [2.75, 3.05) is 19.8 Å². The summed E-state index contributed by atoms with van der Waals surface area (Å²) >= 11 is 0. The van der Waals surface area contributed by atoms with Crippen molar-refractivity contribution in [3.05, 3.63) is 35.4 Å². The highest BCUT2D eigenvalue weighted by Crippen LogP contribution is 2.15. The van der Waals surface area contributed by atoms with E-state index in [0.29, 0.717) is 18.1 Å². The van der Waals surface area contributed by atoms with Crippen LogP contribution in [0.5, 0.6) is 0 Å². The Morgan fingerprint density at radius 2 is 2.26 bits per heavy atom. The van der Waals surface area contributed by atoms with Crippen LogP contribution < -0.4 is 10.6 Å². The first-order chi connectivity index (χ1) is 9.15. The van der Waals surface area contributed by atoms with E-state index in [9.17, 15) is 0 Å². The standard InChI is InChI=1S/C16H26N2O/c1-12-5-4-6-15(9-12)14(3)18-13(2)10-16-11-19-8-7-17-16/h4-6,9,13-14,16-18H,7-8,10-11H2,1-3H3/t13?,14-,16?/m0/s1. The second kappa shape index (κ2) is 7.04. The summed E-state index contributed by atoms with van der Waals surface area (Å²) in [5.41, 5.74) is 2.68. The zero-order valence-corrected chi connectivity index (χ0v) is 12.3. The summed E-state index contributed by atoms with van der Waals surface area (Å²) < 4.78 is 5.50. The van der Waals surface area contributed by atoms with Gasteiger partial charge in [-0.15, -0.1) is 0 Å². The highest BCUT2D eigenvalue weighted by molar-refractivity contribution is 5.24. The minimum absolute atomic E-state index is 0.388. The fourth-order valence-corrected chi connectivity index (χ4v) is 2.73. The van der Waals surface area contributed by atoms with Crippen LogP contribution in [-0.2, 0) is 4.74 Å². The Kier molecular flexibility index (Phi) is 5.37. The van der Waals surface area contributed by atoms with E-state index in [2.05, 4.69) is 55.7 Å². The predicted octanol–water partition coefficient (Wildman–Crippen LogP) is 2.41. The van der Waals surface area contributed by atoms with Crippen LogP contribution in [0.4, 0.5) is 0 Å². The quantitative estimate of drug-likeness (QED) is 0.855. The van der Waals surface area contributed by atoms with Gasteiger partial charge in [0, 0.05) is 24.7 Å². The molecule has 0 bridgehead atoms. The van der Waals surface area contributed by atoms with E-state index in [0.717, 1.165) is 26.2 Å². The van der Waals surface area contributed by atoms with Crippen LogP contribution in [0.15, 0.2) is 24.3 Å². The number of rotatable bonds is 5. The zero-order chi connectivity index (χ0) is 13.7. The number of hydrogen-bond acceptors (Lipinski definition) is 3. The average Bonchev–Trinajstić information content (AvgIpc) is 2.39. The first-order valence-corrected chi connectivity index (χ1v) is 7.29. The Morgan fingerprint density at radius 3 is 2.95 bits per heavy atom. The number of aryl methyl sites for hydroxylation is 1. The van der Waals surface area contributed by atoms with Gasteiger partial charge in [0.05, 0.1) is 13.2 Å². The molecule has 0 spiro atoms. The molecule has 3 heteroatoms. The predicted molar refractivity (Wildman–Crippen MR) is 79.4 cm³/mol. The van der Waals surface area contributed by atoms with Crippen molar-refractivity contribution >= 4 is 0 Å². The Bertz CT molecular complexity index is 388. The van der Waals surface area contributed by atoms with Gasteiger partial charge >= 0.3 is 0 Å². The molecule has 3 nitrogen and oxygen atoms in total. The first-order valence-electron chi connectivity index (χ1n) is 7.29. The molecular formula is C16H26N2O. The Hall–Kier alpha value is -0.900. The number of hydrogen-bond donors (Lipinski definition) is 2. The van der Waals surface area contributed by atoms with Crippen LogP contribution in [0.2, 0.25) is 0 Å². The summed E-state index contributed by atoms with van der Waals surface area (Å²) in [4.78, 5) is 0. The Balaban J connectivity index is 1.82. The molecule has 0 aromatic heterocycles. The van der Waals surface area contributed by atoms with Crippen molar-refractivity contribution < 1.29 is 4.74 Å². The third-order valence-corrected chi connectivity index (χ3v) is 3.71. The third kappa shape index (κ3) is 4.60. The molecule has 1 fully saturated rings. The lowest BCUT2D eigenvalue weighted by Crippen LogP contribution is -2.45. The summed E-state index contributed by atoms with van der Waals surface area (Å²) in [5, 5.41) is 7.18. The van der Waals surface area contributed by atoms with Crippen LogP contribution in [0, 0.1) is 6.92 Å². The number of nitrogens with one attached hydrogen (secondary N) is 2. The lowest BCUT2D eigenvalue weighted by molar-refractivity contribution is 0.0708. The van der Waals surface area contributed by atoms with Crippen molar-refractivity contribution in [3.63, 3.8) is 0 Å². The van der Waals surface area contributed by atoms with Gasteiger partial charge in [-0.1, -0.05) is 29.8 Å². The smallest absolute Gasteiger partial charge is 0.0620 e. The first kappa shape index (κ1) is 14.5. The van der Waals surface area contributed by atoms with Gasteiger partial charge in [-0.2, -0.15) is 0 Å². The van der Waals surface area contributed by atoms with Gasteiger partial charge in [0.2, 0.25) is 0 Å². The molecule has 1 saturated heterocycles. The van der Waals surface area contributed by atoms with Crippen LogP contribution in [-0.4, -0.2) is 31.8 Å². The fourth-order valence-electron chi connectivity index (χ4n) is 2.73. The van der Waals surface area contributed by atoms with Crippen molar-refractivity contribution in [2.45, 2.75) is 45.3 Å². The maximum absolute atomic E-state index is 5.50. The van der Waals surface area contributed by atoms with Crippen LogP contribution in [0.3, 0.4) is 0 Å². The minimum atomic E-state index is 0.388. The molecular weight excluding hydrogens is 236 g/mol. The molecule has 1 heterocycles. The second-order valence-corrected chi connectivity index (χ2v) is 5.67. The van der Waals surface area contributed by atoms with Gasteiger partial charge < -0.3 is 15.4 Å². The van der Waals surface area contributed by atoms with E-state index in [4.69, 9.17) is 4.74 Å². The lowest BCUT2D eigenvalue weighted by atomic mass is 10.0. The van der Waals surface area contributed by atoms with Crippen LogP contribution in [0.25, 0.3) is 0 Å². The summed E-state index contributed by atoms with van der Waals surface area (Å²) in [6.07, 6.45) is 1.11. The van der Waals surface area contributed by atoms with E-state index in [-0.39, 0.29) is 0 Å². The topological polar surface area (TPSA) is 33.3 Å². The van der Waals surface area contributed by atoms with Gasteiger partial charge in [-0.3, -0.25) is 0 Å². The molecule has 1 aromatic rings. The Labute approximate surface area is 116 Å². The molecule has 2 unspecified atom stereocenters.